The third-order valence-electron chi connectivity index (χ3n) is 6.05. The number of benzene rings is 2. The summed E-state index contributed by atoms with van der Waals surface area (Å²) in [5, 5.41) is -0.108. The van der Waals surface area contributed by atoms with Crippen LogP contribution in [0.3, 0.4) is 0 Å². The van der Waals surface area contributed by atoms with Crippen molar-refractivity contribution in [2.45, 2.75) is 31.2 Å². The van der Waals surface area contributed by atoms with Crippen LogP contribution in [0.25, 0.3) is 11.0 Å². The highest BCUT2D eigenvalue weighted by Gasteiger charge is 2.43. The number of imide groups is 1. The number of halogens is 2. The number of hydrogen-bond acceptors (Lipinski definition) is 4. The van der Waals surface area contributed by atoms with Crippen LogP contribution in [0, 0.1) is 5.82 Å². The Morgan fingerprint density at radius 2 is 1.87 bits per heavy atom. The number of aromatic amines is 1. The molecule has 0 bridgehead atoms. The standard InChI is InChI=1S/C22H20ClFN4O2/c23-15-11-14(5-6-16(15)24)28-20(29)12-19(22(28)30)27-9-7-13(8-10-27)21-25-17-3-1-2-4-18(17)26-21/h1-6,11,13,19H,7-10,12H2,(H,25,26)/t19-/m0/s1. The fourth-order valence-electron chi connectivity index (χ4n) is 4.45. The quantitative estimate of drug-likeness (QED) is 0.645. The molecule has 8 heteroatoms. The van der Waals surface area contributed by atoms with Crippen LogP contribution in [0.2, 0.25) is 5.02 Å². The van der Waals surface area contributed by atoms with Gasteiger partial charge < -0.3 is 4.98 Å². The zero-order valence-corrected chi connectivity index (χ0v) is 16.9. The maximum atomic E-state index is 13.5. The molecule has 3 heterocycles. The minimum absolute atomic E-state index is 0.108. The predicted octanol–water partition coefficient (Wildman–Crippen LogP) is 3.87. The van der Waals surface area contributed by atoms with E-state index in [1.165, 1.54) is 18.2 Å². The van der Waals surface area contributed by atoms with Crippen LogP contribution in [-0.4, -0.2) is 45.8 Å². The summed E-state index contributed by atoms with van der Waals surface area (Å²) in [5.74, 6) is 0.140. The topological polar surface area (TPSA) is 69.3 Å². The molecule has 2 amide bonds. The lowest BCUT2D eigenvalue weighted by atomic mass is 9.95. The Morgan fingerprint density at radius 1 is 1.10 bits per heavy atom. The summed E-state index contributed by atoms with van der Waals surface area (Å²) in [6, 6.07) is 11.4. The number of likely N-dealkylation sites (tertiary alicyclic amines) is 1. The van der Waals surface area contributed by atoms with Crippen molar-refractivity contribution in [3.63, 3.8) is 0 Å². The molecule has 0 aliphatic carbocycles. The number of hydrogen-bond donors (Lipinski definition) is 1. The average molecular weight is 427 g/mol. The molecule has 154 valence electrons. The SMILES string of the molecule is O=C1C[C@H](N2CCC(c3nc4ccccc4[nH]3)CC2)C(=O)N1c1ccc(F)c(Cl)c1. The van der Waals surface area contributed by atoms with E-state index >= 15 is 0 Å². The van der Waals surface area contributed by atoms with Gasteiger partial charge in [-0.2, -0.15) is 0 Å². The number of fused-ring (bicyclic) bond motifs is 1. The number of nitrogens with zero attached hydrogens (tertiary/aromatic N) is 3. The Labute approximate surface area is 177 Å². The van der Waals surface area contributed by atoms with Crippen LogP contribution in [0.4, 0.5) is 10.1 Å². The van der Waals surface area contributed by atoms with Crippen molar-refractivity contribution < 1.29 is 14.0 Å². The normalized spacial score (nSPS) is 21.1. The lowest BCUT2D eigenvalue weighted by Gasteiger charge is -2.34. The largest absolute Gasteiger partial charge is 0.342 e. The number of carbonyl (C=O) groups is 2. The maximum absolute atomic E-state index is 13.5. The molecule has 2 aliphatic heterocycles. The van der Waals surface area contributed by atoms with E-state index in [1.807, 2.05) is 24.3 Å². The van der Waals surface area contributed by atoms with Gasteiger partial charge in [0.25, 0.3) is 5.91 Å². The van der Waals surface area contributed by atoms with Crippen LogP contribution in [0.15, 0.2) is 42.5 Å². The summed E-state index contributed by atoms with van der Waals surface area (Å²) in [6.45, 7) is 1.42. The number of anilines is 1. The molecule has 6 nitrogen and oxygen atoms in total. The number of piperidine rings is 1. The van der Waals surface area contributed by atoms with E-state index in [0.717, 1.165) is 34.6 Å². The van der Waals surface area contributed by atoms with Gasteiger partial charge in [-0.25, -0.2) is 14.3 Å². The van der Waals surface area contributed by atoms with Gasteiger partial charge >= 0.3 is 0 Å². The van der Waals surface area contributed by atoms with E-state index in [4.69, 9.17) is 16.6 Å². The Morgan fingerprint density at radius 3 is 2.60 bits per heavy atom. The molecule has 1 aromatic heterocycles. The third kappa shape index (κ3) is 3.28. The summed E-state index contributed by atoms with van der Waals surface area (Å²) in [4.78, 5) is 36.8. The Kier molecular flexibility index (Phi) is 4.79. The van der Waals surface area contributed by atoms with Crippen molar-refractivity contribution in [2.75, 3.05) is 18.0 Å². The van der Waals surface area contributed by atoms with Crippen LogP contribution < -0.4 is 4.90 Å². The molecule has 2 saturated heterocycles. The molecular weight excluding hydrogens is 407 g/mol. The first-order valence-electron chi connectivity index (χ1n) is 10.0. The fourth-order valence-corrected chi connectivity index (χ4v) is 4.62. The van der Waals surface area contributed by atoms with Gasteiger partial charge in [0.05, 0.1) is 34.2 Å². The molecule has 3 aromatic rings. The van der Waals surface area contributed by atoms with E-state index in [2.05, 4.69) is 9.88 Å². The van der Waals surface area contributed by atoms with Gasteiger partial charge in [-0.1, -0.05) is 23.7 Å². The maximum Gasteiger partial charge on any atom is 0.251 e. The Hall–Kier alpha value is -2.77. The van der Waals surface area contributed by atoms with Crippen LogP contribution in [0.1, 0.15) is 31.0 Å². The molecule has 0 spiro atoms. The highest BCUT2D eigenvalue weighted by Crippen LogP contribution is 2.33. The first-order chi connectivity index (χ1) is 14.5. The van der Waals surface area contributed by atoms with Gasteiger partial charge in [-0.05, 0) is 56.3 Å². The zero-order chi connectivity index (χ0) is 20.8. The number of imidazole rings is 1. The van der Waals surface area contributed by atoms with E-state index in [1.54, 1.807) is 0 Å². The highest BCUT2D eigenvalue weighted by molar-refractivity contribution is 6.31. The minimum Gasteiger partial charge on any atom is -0.342 e. The van der Waals surface area contributed by atoms with Crippen molar-refractivity contribution in [1.29, 1.82) is 0 Å². The predicted molar refractivity (Wildman–Crippen MR) is 112 cm³/mol. The minimum atomic E-state index is -0.580. The van der Waals surface area contributed by atoms with E-state index in [-0.39, 0.29) is 23.3 Å². The number of aromatic nitrogens is 2. The number of amides is 2. The first-order valence-corrected chi connectivity index (χ1v) is 10.4. The average Bonchev–Trinajstić information content (AvgIpc) is 3.31. The van der Waals surface area contributed by atoms with Crippen molar-refractivity contribution >= 4 is 40.1 Å². The molecule has 2 aliphatic rings. The van der Waals surface area contributed by atoms with E-state index < -0.39 is 11.9 Å². The van der Waals surface area contributed by atoms with Gasteiger partial charge in [0.1, 0.15) is 11.6 Å². The molecule has 2 aromatic carbocycles. The monoisotopic (exact) mass is 426 g/mol. The molecule has 2 fully saturated rings. The molecule has 1 atom stereocenters. The van der Waals surface area contributed by atoms with E-state index in [9.17, 15) is 14.0 Å². The number of nitrogens with one attached hydrogen (secondary N) is 1. The summed E-state index contributed by atoms with van der Waals surface area (Å²) in [6.07, 6.45) is 1.85. The molecule has 0 radical (unpaired) electrons. The summed E-state index contributed by atoms with van der Waals surface area (Å²) in [7, 11) is 0. The summed E-state index contributed by atoms with van der Waals surface area (Å²) in [5.41, 5.74) is 2.30. The van der Waals surface area contributed by atoms with Gasteiger partial charge in [0.2, 0.25) is 5.91 Å². The zero-order valence-electron chi connectivity index (χ0n) is 16.1. The number of H-pyrrole nitrogens is 1. The first kappa shape index (κ1) is 19.2. The Balaban J connectivity index is 1.28. The third-order valence-corrected chi connectivity index (χ3v) is 6.34. The van der Waals surface area contributed by atoms with Gasteiger partial charge in [0.15, 0.2) is 0 Å². The number of para-hydroxylation sites is 2. The van der Waals surface area contributed by atoms with Crippen molar-refractivity contribution in [1.82, 2.24) is 14.9 Å². The van der Waals surface area contributed by atoms with E-state index in [0.29, 0.717) is 24.7 Å². The second-order valence-electron chi connectivity index (χ2n) is 7.84. The van der Waals surface area contributed by atoms with Crippen molar-refractivity contribution in [3.05, 3.63) is 59.1 Å². The van der Waals surface area contributed by atoms with Gasteiger partial charge in [-0.15, -0.1) is 0 Å². The molecule has 0 unspecified atom stereocenters. The second kappa shape index (κ2) is 7.49. The van der Waals surface area contributed by atoms with Crippen LogP contribution in [0.5, 0.6) is 0 Å². The second-order valence-corrected chi connectivity index (χ2v) is 8.24. The molecule has 1 N–H and O–H groups in total. The van der Waals surface area contributed by atoms with Crippen molar-refractivity contribution in [2.24, 2.45) is 0 Å². The number of rotatable bonds is 3. The highest BCUT2D eigenvalue weighted by atomic mass is 35.5. The lowest BCUT2D eigenvalue weighted by Crippen LogP contribution is -2.45. The molecule has 30 heavy (non-hydrogen) atoms. The number of carbonyl (C=O) groups excluding carboxylic acids is 2. The van der Waals surface area contributed by atoms with Gasteiger partial charge in [-0.3, -0.25) is 14.5 Å². The lowest BCUT2D eigenvalue weighted by molar-refractivity contribution is -0.123. The summed E-state index contributed by atoms with van der Waals surface area (Å²) < 4.78 is 13.5. The molecular formula is C22H20ClFN4O2. The van der Waals surface area contributed by atoms with Crippen LogP contribution in [-0.2, 0) is 9.59 Å². The van der Waals surface area contributed by atoms with Gasteiger partial charge in [0, 0.05) is 5.92 Å². The fraction of sp³-hybridized carbons (Fsp3) is 0.318. The molecule has 0 saturated carbocycles. The van der Waals surface area contributed by atoms with Crippen LogP contribution >= 0.6 is 11.6 Å². The summed E-state index contributed by atoms with van der Waals surface area (Å²) >= 11 is 5.83. The Bertz CT molecular complexity index is 1110. The smallest absolute Gasteiger partial charge is 0.251 e. The molecule has 5 rings (SSSR count). The van der Waals surface area contributed by atoms with Crippen molar-refractivity contribution in [3.8, 4) is 0 Å².